The van der Waals surface area contributed by atoms with Gasteiger partial charge >= 0.3 is 23.9 Å². The van der Waals surface area contributed by atoms with Crippen molar-refractivity contribution in [2.45, 2.75) is 302 Å². The SMILES string of the molecule is CCCCCCCCCCCCCCCC(=O)OC1C(OCC(COC(=O)CCCCCCCCCCCCC)OC(=O)CCCCCCCCCCCCC)OC(C(=O)O)C(O)C1O. The summed E-state index contributed by atoms with van der Waals surface area (Å²) >= 11 is 0. The van der Waals surface area contributed by atoms with Gasteiger partial charge in [0.2, 0.25) is 0 Å². The van der Waals surface area contributed by atoms with Gasteiger partial charge in [-0.15, -0.1) is 0 Å². The molecule has 0 aromatic heterocycles. The molecule has 0 saturated carbocycles. The average molecular weight is 927 g/mol. The van der Waals surface area contributed by atoms with Crippen molar-refractivity contribution in [3.63, 3.8) is 0 Å². The molecule has 1 rings (SSSR count). The second-order valence-electron chi connectivity index (χ2n) is 18.9. The van der Waals surface area contributed by atoms with E-state index in [2.05, 4.69) is 20.8 Å². The first-order chi connectivity index (χ1) is 31.6. The molecule has 0 aromatic rings. The summed E-state index contributed by atoms with van der Waals surface area (Å²) in [5, 5.41) is 31.3. The van der Waals surface area contributed by atoms with Crippen LogP contribution in [0.15, 0.2) is 0 Å². The van der Waals surface area contributed by atoms with E-state index < -0.39 is 67.3 Å². The summed E-state index contributed by atoms with van der Waals surface area (Å²) in [7, 11) is 0. The van der Waals surface area contributed by atoms with Crippen LogP contribution in [0.25, 0.3) is 0 Å². The van der Waals surface area contributed by atoms with Crippen molar-refractivity contribution in [3.05, 3.63) is 0 Å². The molecule has 1 aliphatic heterocycles. The van der Waals surface area contributed by atoms with Gasteiger partial charge in [0.1, 0.15) is 18.8 Å². The van der Waals surface area contributed by atoms with E-state index in [1.54, 1.807) is 0 Å². The molecule has 0 spiro atoms. The molecule has 0 aliphatic carbocycles. The Kier molecular flexibility index (Phi) is 40.2. The lowest BCUT2D eigenvalue weighted by atomic mass is 9.98. The Morgan fingerprint density at radius 2 is 0.785 bits per heavy atom. The van der Waals surface area contributed by atoms with Crippen molar-refractivity contribution < 1.29 is 58.2 Å². The fourth-order valence-electron chi connectivity index (χ4n) is 8.49. The lowest BCUT2D eigenvalue weighted by molar-refractivity contribution is -0.301. The first-order valence-corrected chi connectivity index (χ1v) is 27.0. The topological polar surface area (TPSA) is 175 Å². The zero-order valence-electron chi connectivity index (χ0n) is 41.8. The number of carbonyl (C=O) groups excluding carboxylic acids is 3. The second-order valence-corrected chi connectivity index (χ2v) is 18.9. The number of unbranched alkanes of at least 4 members (excludes halogenated alkanes) is 32. The fraction of sp³-hybridized carbons (Fsp3) is 0.925. The third kappa shape index (κ3) is 33.8. The van der Waals surface area contributed by atoms with E-state index in [1.165, 1.54) is 148 Å². The third-order valence-corrected chi connectivity index (χ3v) is 12.7. The van der Waals surface area contributed by atoms with Crippen LogP contribution in [-0.4, -0.2) is 89.2 Å². The van der Waals surface area contributed by atoms with Crippen LogP contribution in [0.5, 0.6) is 0 Å². The van der Waals surface area contributed by atoms with Crippen molar-refractivity contribution in [2.75, 3.05) is 13.2 Å². The number of aliphatic hydroxyl groups excluding tert-OH is 2. The maximum Gasteiger partial charge on any atom is 0.335 e. The van der Waals surface area contributed by atoms with Crippen LogP contribution in [-0.2, 0) is 42.9 Å². The van der Waals surface area contributed by atoms with Gasteiger partial charge in [-0.05, 0) is 19.3 Å². The maximum atomic E-state index is 13.0. The predicted octanol–water partition coefficient (Wildman–Crippen LogP) is 12.8. The van der Waals surface area contributed by atoms with Crippen molar-refractivity contribution in [1.29, 1.82) is 0 Å². The van der Waals surface area contributed by atoms with Crippen molar-refractivity contribution in [3.8, 4) is 0 Å². The molecule has 6 unspecified atom stereocenters. The third-order valence-electron chi connectivity index (χ3n) is 12.7. The summed E-state index contributed by atoms with van der Waals surface area (Å²) < 4.78 is 28.3. The fourth-order valence-corrected chi connectivity index (χ4v) is 8.49. The van der Waals surface area contributed by atoms with E-state index in [-0.39, 0.29) is 25.9 Å². The maximum absolute atomic E-state index is 13.0. The second kappa shape index (κ2) is 43.0. The highest BCUT2D eigenvalue weighted by molar-refractivity contribution is 5.74. The number of rotatable bonds is 46. The van der Waals surface area contributed by atoms with E-state index in [0.29, 0.717) is 19.3 Å². The molecule has 1 aliphatic rings. The van der Waals surface area contributed by atoms with Gasteiger partial charge in [-0.1, -0.05) is 226 Å². The van der Waals surface area contributed by atoms with Crippen LogP contribution in [0.4, 0.5) is 0 Å². The molecule has 65 heavy (non-hydrogen) atoms. The molecular formula is C53H98O12. The molecule has 1 heterocycles. The number of hydrogen-bond acceptors (Lipinski definition) is 11. The number of aliphatic hydroxyl groups is 2. The predicted molar refractivity (Wildman–Crippen MR) is 257 cm³/mol. The summed E-state index contributed by atoms with van der Waals surface area (Å²) in [6.45, 7) is 5.98. The van der Waals surface area contributed by atoms with Crippen molar-refractivity contribution >= 4 is 23.9 Å². The number of ether oxygens (including phenoxy) is 5. The monoisotopic (exact) mass is 927 g/mol. The van der Waals surface area contributed by atoms with Gasteiger partial charge in [-0.3, -0.25) is 14.4 Å². The van der Waals surface area contributed by atoms with Crippen LogP contribution in [0.3, 0.4) is 0 Å². The number of esters is 3. The minimum Gasteiger partial charge on any atom is -0.479 e. The van der Waals surface area contributed by atoms with Gasteiger partial charge in [-0.2, -0.15) is 0 Å². The zero-order valence-corrected chi connectivity index (χ0v) is 41.8. The summed E-state index contributed by atoms with van der Waals surface area (Å²) in [6, 6.07) is 0. The van der Waals surface area contributed by atoms with E-state index in [0.717, 1.165) is 57.8 Å². The minimum atomic E-state index is -1.89. The summed E-state index contributed by atoms with van der Waals surface area (Å²) in [5.74, 6) is -3.08. The lowest BCUT2D eigenvalue weighted by Crippen LogP contribution is -2.61. The highest BCUT2D eigenvalue weighted by atomic mass is 16.7. The first-order valence-electron chi connectivity index (χ1n) is 27.0. The molecule has 0 radical (unpaired) electrons. The molecule has 6 atom stereocenters. The molecule has 12 nitrogen and oxygen atoms in total. The Balaban J connectivity index is 2.71. The van der Waals surface area contributed by atoms with Gasteiger partial charge in [0, 0.05) is 19.3 Å². The van der Waals surface area contributed by atoms with E-state index in [4.69, 9.17) is 23.7 Å². The molecule has 3 N–H and O–H groups in total. The van der Waals surface area contributed by atoms with E-state index in [1.807, 2.05) is 0 Å². The first kappa shape index (κ1) is 60.7. The van der Waals surface area contributed by atoms with Gasteiger partial charge < -0.3 is 39.0 Å². The van der Waals surface area contributed by atoms with Gasteiger partial charge in [0.15, 0.2) is 24.6 Å². The molecule has 12 heteroatoms. The van der Waals surface area contributed by atoms with Crippen LogP contribution in [0, 0.1) is 0 Å². The summed E-state index contributed by atoms with van der Waals surface area (Å²) in [6.07, 6.45) is 30.9. The Morgan fingerprint density at radius 1 is 0.446 bits per heavy atom. The number of hydrogen-bond donors (Lipinski definition) is 3. The van der Waals surface area contributed by atoms with Crippen LogP contribution in [0.2, 0.25) is 0 Å². The molecule has 0 aromatic carbocycles. The molecule has 0 bridgehead atoms. The standard InChI is InChI=1S/C53H98O12/c1-4-7-10-13-16-19-22-23-26-29-32-35-38-41-47(56)64-51-49(58)48(57)50(52(59)60)65-53(51)62-43-44(63-46(55)40-37-34-31-28-25-21-18-15-12-9-6-3)42-61-45(54)39-36-33-30-27-24-20-17-14-11-8-5-2/h44,48-51,53,57-58H,4-43H2,1-3H3,(H,59,60). The Labute approximate surface area is 395 Å². The smallest absolute Gasteiger partial charge is 0.335 e. The summed E-state index contributed by atoms with van der Waals surface area (Å²) in [4.78, 5) is 50.8. The number of carboxylic acid groups (broad SMARTS) is 1. The van der Waals surface area contributed by atoms with E-state index >= 15 is 0 Å². The Bertz CT molecular complexity index is 1150. The average Bonchev–Trinajstić information content (AvgIpc) is 3.29. The number of carbonyl (C=O) groups is 4. The molecular weight excluding hydrogens is 829 g/mol. The quantitative estimate of drug-likeness (QED) is 0.0300. The number of carboxylic acids is 1. The molecule has 382 valence electrons. The van der Waals surface area contributed by atoms with Gasteiger partial charge in [0.05, 0.1) is 6.61 Å². The Hall–Kier alpha value is -2.28. The normalized spacial score (nSPS) is 18.9. The van der Waals surface area contributed by atoms with Gasteiger partial charge in [-0.25, -0.2) is 4.79 Å². The Morgan fingerprint density at radius 3 is 1.15 bits per heavy atom. The minimum absolute atomic E-state index is 0.0700. The molecule has 1 fully saturated rings. The van der Waals surface area contributed by atoms with Crippen LogP contribution >= 0.6 is 0 Å². The lowest BCUT2D eigenvalue weighted by Gasteiger charge is -2.40. The molecule has 1 saturated heterocycles. The van der Waals surface area contributed by atoms with Crippen LogP contribution in [0.1, 0.15) is 265 Å². The largest absolute Gasteiger partial charge is 0.479 e. The highest BCUT2D eigenvalue weighted by Gasteiger charge is 2.50. The molecule has 0 amide bonds. The zero-order chi connectivity index (χ0) is 47.6. The van der Waals surface area contributed by atoms with Crippen molar-refractivity contribution in [2.24, 2.45) is 0 Å². The van der Waals surface area contributed by atoms with Crippen molar-refractivity contribution in [1.82, 2.24) is 0 Å². The van der Waals surface area contributed by atoms with Gasteiger partial charge in [0.25, 0.3) is 0 Å². The highest BCUT2D eigenvalue weighted by Crippen LogP contribution is 2.26. The van der Waals surface area contributed by atoms with E-state index in [9.17, 15) is 34.5 Å². The number of aliphatic carboxylic acids is 1. The van der Waals surface area contributed by atoms with Crippen LogP contribution < -0.4 is 0 Å². The summed E-state index contributed by atoms with van der Waals surface area (Å²) in [5.41, 5.74) is 0.